The van der Waals surface area contributed by atoms with Gasteiger partial charge in [-0.25, -0.2) is 4.79 Å². The van der Waals surface area contributed by atoms with Crippen molar-refractivity contribution >= 4 is 34.6 Å². The molecule has 0 fully saturated rings. The van der Waals surface area contributed by atoms with Crippen LogP contribution in [-0.2, 0) is 4.79 Å². The van der Waals surface area contributed by atoms with Crippen LogP contribution in [-0.4, -0.2) is 31.8 Å². The second-order valence-corrected chi connectivity index (χ2v) is 4.15. The summed E-state index contributed by atoms with van der Waals surface area (Å²) in [5, 5.41) is 18.3. The van der Waals surface area contributed by atoms with Crippen molar-refractivity contribution in [3.63, 3.8) is 0 Å². The van der Waals surface area contributed by atoms with Gasteiger partial charge in [0, 0.05) is 23.2 Å². The molecule has 19 heavy (non-hydrogen) atoms. The first-order valence-corrected chi connectivity index (χ1v) is 5.90. The lowest BCUT2D eigenvalue weighted by atomic mass is 10.1. The van der Waals surface area contributed by atoms with Crippen molar-refractivity contribution in [1.29, 1.82) is 0 Å². The average molecular weight is 276 g/mol. The normalized spacial score (nSPS) is 10.5. The molecule has 1 heterocycles. The summed E-state index contributed by atoms with van der Waals surface area (Å²) in [6, 6.07) is 6.47. The van der Waals surface area contributed by atoms with Crippen LogP contribution in [0.3, 0.4) is 0 Å². The lowest BCUT2D eigenvalue weighted by molar-refractivity contribution is -0.131. The van der Waals surface area contributed by atoms with E-state index in [0.29, 0.717) is 16.3 Å². The molecule has 0 radical (unpaired) electrons. The Labute approximate surface area is 111 Å². The molecular formula is C11H8N4O3S. The molecule has 2 N–H and O–H groups in total. The van der Waals surface area contributed by atoms with Crippen LogP contribution in [0.4, 0.5) is 5.13 Å². The van der Waals surface area contributed by atoms with E-state index in [-0.39, 0.29) is 5.91 Å². The summed E-state index contributed by atoms with van der Waals surface area (Å²) in [4.78, 5) is 22.1. The first-order chi connectivity index (χ1) is 9.15. The number of rotatable bonds is 4. The minimum absolute atomic E-state index is 0.319. The fourth-order valence-corrected chi connectivity index (χ4v) is 1.63. The highest BCUT2D eigenvalue weighted by molar-refractivity contribution is 7.09. The number of nitrogens with zero attached hydrogens (tertiary/aromatic N) is 3. The third kappa shape index (κ3) is 3.68. The number of nitrogens with one attached hydrogen (secondary N) is 1. The van der Waals surface area contributed by atoms with Crippen LogP contribution in [0.2, 0.25) is 0 Å². The van der Waals surface area contributed by atoms with Crippen molar-refractivity contribution in [2.24, 2.45) is 0 Å². The number of carboxylic acids is 1. The summed E-state index contributed by atoms with van der Waals surface area (Å²) in [7, 11) is 0. The van der Waals surface area contributed by atoms with E-state index in [1.807, 2.05) is 0 Å². The van der Waals surface area contributed by atoms with E-state index < -0.39 is 5.97 Å². The van der Waals surface area contributed by atoms with Gasteiger partial charge in [0.05, 0.1) is 0 Å². The van der Waals surface area contributed by atoms with Crippen molar-refractivity contribution < 1.29 is 14.7 Å². The van der Waals surface area contributed by atoms with Crippen molar-refractivity contribution in [3.8, 4) is 0 Å². The fraction of sp³-hybridized carbons (Fsp3) is 0. The van der Waals surface area contributed by atoms with Crippen LogP contribution in [0.5, 0.6) is 0 Å². The van der Waals surface area contributed by atoms with E-state index in [0.717, 1.165) is 17.6 Å². The molecule has 2 aromatic rings. The van der Waals surface area contributed by atoms with Gasteiger partial charge >= 0.3 is 5.97 Å². The molecule has 0 saturated heterocycles. The van der Waals surface area contributed by atoms with Crippen LogP contribution in [0.15, 0.2) is 30.3 Å². The Kier molecular flexibility index (Phi) is 3.94. The monoisotopic (exact) mass is 276 g/mol. The number of benzene rings is 1. The Hall–Kier alpha value is -2.61. The van der Waals surface area contributed by atoms with E-state index in [2.05, 4.69) is 20.1 Å². The summed E-state index contributed by atoms with van der Waals surface area (Å²) < 4.78 is 3.52. The minimum Gasteiger partial charge on any atom is -0.478 e. The van der Waals surface area contributed by atoms with Crippen LogP contribution < -0.4 is 5.32 Å². The highest BCUT2D eigenvalue weighted by Crippen LogP contribution is 2.10. The van der Waals surface area contributed by atoms with E-state index >= 15 is 0 Å². The third-order valence-electron chi connectivity index (χ3n) is 2.11. The van der Waals surface area contributed by atoms with Gasteiger partial charge in [0.15, 0.2) is 0 Å². The van der Waals surface area contributed by atoms with Crippen LogP contribution in [0.1, 0.15) is 15.9 Å². The van der Waals surface area contributed by atoms with Gasteiger partial charge in [-0.1, -0.05) is 21.7 Å². The summed E-state index contributed by atoms with van der Waals surface area (Å²) in [6.45, 7) is 0. The maximum Gasteiger partial charge on any atom is 0.328 e. The van der Waals surface area contributed by atoms with Crippen molar-refractivity contribution in [3.05, 3.63) is 41.5 Å². The molecule has 0 spiro atoms. The van der Waals surface area contributed by atoms with Gasteiger partial charge in [0.25, 0.3) is 5.91 Å². The SMILES string of the molecule is O=C(O)/C=C/c1ccc(C(=O)Nc2nnns2)cc1. The number of carbonyl (C=O) groups is 2. The summed E-state index contributed by atoms with van der Waals surface area (Å²) >= 11 is 0.980. The molecule has 0 atom stereocenters. The van der Waals surface area contributed by atoms with Gasteiger partial charge in [-0.15, -0.1) is 0 Å². The average Bonchev–Trinajstić information content (AvgIpc) is 2.89. The molecular weight excluding hydrogens is 268 g/mol. The maximum atomic E-state index is 11.8. The van der Waals surface area contributed by atoms with Gasteiger partial charge < -0.3 is 5.11 Å². The number of amides is 1. The zero-order chi connectivity index (χ0) is 13.7. The zero-order valence-corrected chi connectivity index (χ0v) is 10.3. The topological polar surface area (TPSA) is 105 Å². The van der Waals surface area contributed by atoms with Gasteiger partial charge in [-0.2, -0.15) is 0 Å². The molecule has 96 valence electrons. The van der Waals surface area contributed by atoms with E-state index in [4.69, 9.17) is 5.11 Å². The second kappa shape index (κ2) is 5.83. The molecule has 0 unspecified atom stereocenters. The molecule has 1 aromatic carbocycles. The fourth-order valence-electron chi connectivity index (χ4n) is 1.26. The van der Waals surface area contributed by atoms with Gasteiger partial charge in [-0.3, -0.25) is 10.1 Å². The van der Waals surface area contributed by atoms with Crippen molar-refractivity contribution in [1.82, 2.24) is 14.8 Å². The molecule has 0 bridgehead atoms. The molecule has 1 aromatic heterocycles. The largest absolute Gasteiger partial charge is 0.478 e. The van der Waals surface area contributed by atoms with Gasteiger partial charge in [0.2, 0.25) is 5.13 Å². The molecule has 0 aliphatic carbocycles. The highest BCUT2D eigenvalue weighted by Gasteiger charge is 2.07. The number of aliphatic carboxylic acids is 1. The molecule has 0 saturated carbocycles. The first-order valence-electron chi connectivity index (χ1n) is 5.12. The zero-order valence-electron chi connectivity index (χ0n) is 9.48. The molecule has 1 amide bonds. The lowest BCUT2D eigenvalue weighted by Gasteiger charge is -2.01. The predicted molar refractivity (Wildman–Crippen MR) is 68.8 cm³/mol. The van der Waals surface area contributed by atoms with Crippen LogP contribution >= 0.6 is 11.5 Å². The standard InChI is InChI=1S/C11H8N4O3S/c16-9(17)6-3-7-1-4-8(5-2-7)10(18)12-11-13-14-15-19-11/h1-6H,(H,16,17)(H,12,13,15,18)/b6-3+. The minimum atomic E-state index is -1.02. The molecule has 7 nitrogen and oxygen atoms in total. The number of hydrogen-bond acceptors (Lipinski definition) is 6. The Morgan fingerprint density at radius 1 is 1.26 bits per heavy atom. The summed E-state index contributed by atoms with van der Waals surface area (Å²) in [5.41, 5.74) is 1.12. The number of carboxylic acid groups (broad SMARTS) is 1. The molecule has 2 rings (SSSR count). The summed E-state index contributed by atoms with van der Waals surface area (Å²) in [6.07, 6.45) is 2.47. The Morgan fingerprint density at radius 2 is 2.00 bits per heavy atom. The predicted octanol–water partition coefficient (Wildman–Crippen LogP) is 1.28. The summed E-state index contributed by atoms with van der Waals surface area (Å²) in [5.74, 6) is -1.35. The second-order valence-electron chi connectivity index (χ2n) is 3.42. The van der Waals surface area contributed by atoms with E-state index in [9.17, 15) is 9.59 Å². The smallest absolute Gasteiger partial charge is 0.328 e. The lowest BCUT2D eigenvalue weighted by Crippen LogP contribution is -2.11. The maximum absolute atomic E-state index is 11.8. The number of aromatic nitrogens is 3. The Morgan fingerprint density at radius 3 is 2.58 bits per heavy atom. The van der Waals surface area contributed by atoms with Crippen molar-refractivity contribution in [2.75, 3.05) is 5.32 Å². The Balaban J connectivity index is 2.05. The quantitative estimate of drug-likeness (QED) is 0.815. The van der Waals surface area contributed by atoms with Crippen LogP contribution in [0.25, 0.3) is 6.08 Å². The molecule has 8 heteroatoms. The molecule has 0 aliphatic heterocycles. The van der Waals surface area contributed by atoms with Crippen LogP contribution in [0, 0.1) is 0 Å². The Bertz CT molecular complexity index is 607. The number of carbonyl (C=O) groups excluding carboxylic acids is 1. The van der Waals surface area contributed by atoms with Gasteiger partial charge in [-0.05, 0) is 29.0 Å². The third-order valence-corrected chi connectivity index (χ3v) is 2.62. The van der Waals surface area contributed by atoms with E-state index in [1.54, 1.807) is 24.3 Å². The van der Waals surface area contributed by atoms with E-state index in [1.165, 1.54) is 6.08 Å². The van der Waals surface area contributed by atoms with Crippen molar-refractivity contribution in [2.45, 2.75) is 0 Å². The molecule has 0 aliphatic rings. The highest BCUT2D eigenvalue weighted by atomic mass is 32.1. The number of anilines is 1. The van der Waals surface area contributed by atoms with Gasteiger partial charge in [0.1, 0.15) is 0 Å². The first kappa shape index (κ1) is 12.8. The number of hydrogen-bond donors (Lipinski definition) is 2.